The van der Waals surface area contributed by atoms with Gasteiger partial charge in [-0.25, -0.2) is 9.48 Å². The summed E-state index contributed by atoms with van der Waals surface area (Å²) >= 11 is 1.58. The van der Waals surface area contributed by atoms with E-state index < -0.39 is 0 Å². The predicted molar refractivity (Wildman–Crippen MR) is 178 cm³/mol. The average molecular weight is 618 g/mol. The van der Waals surface area contributed by atoms with E-state index in [1.165, 1.54) is 0 Å². The number of rotatable bonds is 7. The van der Waals surface area contributed by atoms with Crippen LogP contribution in [0.15, 0.2) is 101 Å². The van der Waals surface area contributed by atoms with E-state index in [0.717, 1.165) is 37.9 Å². The van der Waals surface area contributed by atoms with E-state index in [2.05, 4.69) is 41.6 Å². The standard InChI is InChI=1S/C35H35N7O2S/c1-22-9-8-11-25(17-22)42-32(19-30(40-42)35(3,4)5)37-34(44)36-20-24-10-6-7-12-29(24)45-26-14-16-31-38-39-33(41(31)21-26)27-15-13-23(2)18-28(27)43/h6-19,21,43H,20H2,1-5H3,(H2,36,37,44). The molecule has 0 spiro atoms. The third kappa shape index (κ3) is 6.56. The third-order valence-electron chi connectivity index (χ3n) is 7.37. The van der Waals surface area contributed by atoms with E-state index in [4.69, 9.17) is 5.10 Å². The Labute approximate surface area is 266 Å². The van der Waals surface area contributed by atoms with Crippen molar-refractivity contribution in [3.8, 4) is 22.8 Å². The van der Waals surface area contributed by atoms with Gasteiger partial charge in [0.15, 0.2) is 11.5 Å². The number of phenols is 1. The molecular formula is C35H35N7O2S. The maximum Gasteiger partial charge on any atom is 0.320 e. The Bertz CT molecular complexity index is 2020. The first-order valence-electron chi connectivity index (χ1n) is 14.7. The number of aryl methyl sites for hydroxylation is 2. The molecule has 0 saturated heterocycles. The summed E-state index contributed by atoms with van der Waals surface area (Å²) in [6.45, 7) is 10.6. The predicted octanol–water partition coefficient (Wildman–Crippen LogP) is 7.67. The van der Waals surface area contributed by atoms with Crippen LogP contribution < -0.4 is 10.6 Å². The second-order valence-corrected chi connectivity index (χ2v) is 13.2. The fourth-order valence-electron chi connectivity index (χ4n) is 4.95. The second kappa shape index (κ2) is 12.1. The van der Waals surface area contributed by atoms with E-state index in [-0.39, 0.29) is 17.2 Å². The van der Waals surface area contributed by atoms with Crippen LogP contribution in [0.4, 0.5) is 10.6 Å². The number of amides is 2. The van der Waals surface area contributed by atoms with Crippen molar-refractivity contribution in [1.29, 1.82) is 0 Å². The lowest BCUT2D eigenvalue weighted by molar-refractivity contribution is 0.251. The maximum atomic E-state index is 13.2. The summed E-state index contributed by atoms with van der Waals surface area (Å²) in [5.74, 6) is 1.33. The summed E-state index contributed by atoms with van der Waals surface area (Å²) in [6.07, 6.45) is 1.96. The number of aromatic nitrogens is 5. The van der Waals surface area contributed by atoms with E-state index in [1.54, 1.807) is 22.5 Å². The van der Waals surface area contributed by atoms with Crippen molar-refractivity contribution in [2.45, 2.75) is 56.4 Å². The zero-order valence-electron chi connectivity index (χ0n) is 25.9. The molecule has 0 fully saturated rings. The van der Waals surface area contributed by atoms with Gasteiger partial charge in [-0.15, -0.1) is 10.2 Å². The van der Waals surface area contributed by atoms with Gasteiger partial charge in [0.05, 0.1) is 16.9 Å². The molecule has 0 aliphatic heterocycles. The second-order valence-electron chi connectivity index (χ2n) is 12.1. The number of carbonyl (C=O) groups is 1. The van der Waals surface area contributed by atoms with Gasteiger partial charge in [0.2, 0.25) is 0 Å². The van der Waals surface area contributed by atoms with Crippen LogP contribution in [0.2, 0.25) is 0 Å². The number of hydrogen-bond acceptors (Lipinski definition) is 6. The summed E-state index contributed by atoms with van der Waals surface area (Å²) < 4.78 is 3.66. The molecule has 3 aromatic carbocycles. The summed E-state index contributed by atoms with van der Waals surface area (Å²) in [5.41, 5.74) is 5.92. The van der Waals surface area contributed by atoms with Crippen molar-refractivity contribution in [2.24, 2.45) is 0 Å². The van der Waals surface area contributed by atoms with E-state index >= 15 is 0 Å². The Kier molecular flexibility index (Phi) is 8.07. The molecule has 10 heteroatoms. The summed E-state index contributed by atoms with van der Waals surface area (Å²) in [4.78, 5) is 15.2. The quantitative estimate of drug-likeness (QED) is 0.170. The molecule has 2 amide bonds. The normalized spacial score (nSPS) is 11.6. The Morgan fingerprint density at radius 1 is 0.911 bits per heavy atom. The third-order valence-corrected chi connectivity index (χ3v) is 8.47. The van der Waals surface area contributed by atoms with E-state index in [1.807, 2.05) is 103 Å². The molecule has 228 valence electrons. The largest absolute Gasteiger partial charge is 0.507 e. The lowest BCUT2D eigenvalue weighted by atomic mass is 9.92. The lowest BCUT2D eigenvalue weighted by Gasteiger charge is -2.14. The van der Waals surface area contributed by atoms with E-state index in [0.29, 0.717) is 29.4 Å². The highest BCUT2D eigenvalue weighted by Gasteiger charge is 2.22. The van der Waals surface area contributed by atoms with Crippen LogP contribution in [0.25, 0.3) is 22.7 Å². The number of fused-ring (bicyclic) bond motifs is 1. The summed E-state index contributed by atoms with van der Waals surface area (Å²) in [5, 5.41) is 30.0. The topological polar surface area (TPSA) is 109 Å². The van der Waals surface area contributed by atoms with Crippen molar-refractivity contribution in [1.82, 2.24) is 29.7 Å². The number of urea groups is 1. The number of nitrogens with zero attached hydrogens (tertiary/aromatic N) is 5. The molecule has 9 nitrogen and oxygen atoms in total. The fourth-order valence-corrected chi connectivity index (χ4v) is 5.92. The molecule has 6 rings (SSSR count). The lowest BCUT2D eigenvalue weighted by Crippen LogP contribution is -2.29. The first kappa shape index (κ1) is 30.0. The number of benzene rings is 3. The number of hydrogen-bond donors (Lipinski definition) is 3. The molecule has 0 atom stereocenters. The van der Waals surface area contributed by atoms with Gasteiger partial charge in [-0.3, -0.25) is 9.72 Å². The molecule has 45 heavy (non-hydrogen) atoms. The molecule has 3 heterocycles. The number of phenolic OH excluding ortho intramolecular Hbond substituents is 1. The number of carbonyl (C=O) groups excluding carboxylic acids is 1. The maximum absolute atomic E-state index is 13.2. The van der Waals surface area contributed by atoms with Crippen molar-refractivity contribution >= 4 is 29.3 Å². The minimum Gasteiger partial charge on any atom is -0.507 e. The Morgan fingerprint density at radius 3 is 2.49 bits per heavy atom. The molecule has 0 aliphatic rings. The van der Waals surface area contributed by atoms with Gasteiger partial charge < -0.3 is 10.4 Å². The Hall–Kier alpha value is -5.09. The molecule has 3 aromatic heterocycles. The summed E-state index contributed by atoms with van der Waals surface area (Å²) in [7, 11) is 0. The zero-order chi connectivity index (χ0) is 31.7. The van der Waals surface area contributed by atoms with Gasteiger partial charge in [-0.2, -0.15) is 5.10 Å². The SMILES string of the molecule is Cc1cccc(-n2nc(C(C)(C)C)cc2NC(=O)NCc2ccccc2Sc2ccc3nnc(-c4ccc(C)cc4O)n3c2)c1. The number of aromatic hydroxyl groups is 1. The number of anilines is 1. The first-order chi connectivity index (χ1) is 21.5. The molecule has 0 bridgehead atoms. The van der Waals surface area contributed by atoms with Gasteiger partial charge in [0, 0.05) is 34.0 Å². The smallest absolute Gasteiger partial charge is 0.320 e. The van der Waals surface area contributed by atoms with Crippen molar-refractivity contribution in [3.05, 3.63) is 114 Å². The van der Waals surface area contributed by atoms with Crippen molar-refractivity contribution < 1.29 is 9.90 Å². The van der Waals surface area contributed by atoms with Crippen LogP contribution in [-0.2, 0) is 12.0 Å². The first-order valence-corrected chi connectivity index (χ1v) is 15.5. The molecule has 6 aromatic rings. The number of pyridine rings is 1. The van der Waals surface area contributed by atoms with Gasteiger partial charge in [0.25, 0.3) is 0 Å². The van der Waals surface area contributed by atoms with Crippen LogP contribution in [0, 0.1) is 13.8 Å². The van der Waals surface area contributed by atoms with Crippen LogP contribution in [0.1, 0.15) is 43.2 Å². The van der Waals surface area contributed by atoms with Gasteiger partial charge in [0.1, 0.15) is 11.6 Å². The van der Waals surface area contributed by atoms with Gasteiger partial charge in [-0.1, -0.05) is 68.9 Å². The van der Waals surface area contributed by atoms with Crippen LogP contribution in [0.5, 0.6) is 5.75 Å². The van der Waals surface area contributed by atoms with E-state index in [9.17, 15) is 9.90 Å². The zero-order valence-corrected chi connectivity index (χ0v) is 26.7. The molecule has 0 aliphatic carbocycles. The molecule has 3 N–H and O–H groups in total. The average Bonchev–Trinajstić information content (AvgIpc) is 3.61. The summed E-state index contributed by atoms with van der Waals surface area (Å²) in [6, 6.07) is 27.0. The minimum atomic E-state index is -0.322. The molecular weight excluding hydrogens is 582 g/mol. The van der Waals surface area contributed by atoms with Crippen LogP contribution >= 0.6 is 11.8 Å². The van der Waals surface area contributed by atoms with Crippen LogP contribution in [-0.4, -0.2) is 35.5 Å². The molecule has 0 radical (unpaired) electrons. The van der Waals surface area contributed by atoms with Crippen molar-refractivity contribution in [2.75, 3.05) is 5.32 Å². The minimum absolute atomic E-state index is 0.161. The highest BCUT2D eigenvalue weighted by Crippen LogP contribution is 2.33. The highest BCUT2D eigenvalue weighted by molar-refractivity contribution is 7.99. The van der Waals surface area contributed by atoms with Gasteiger partial charge >= 0.3 is 6.03 Å². The molecule has 0 saturated carbocycles. The van der Waals surface area contributed by atoms with Gasteiger partial charge in [-0.05, 0) is 73.0 Å². The monoisotopic (exact) mass is 617 g/mol. The Morgan fingerprint density at radius 2 is 1.71 bits per heavy atom. The van der Waals surface area contributed by atoms with Crippen molar-refractivity contribution in [3.63, 3.8) is 0 Å². The Balaban J connectivity index is 1.20. The highest BCUT2D eigenvalue weighted by atomic mass is 32.2. The number of nitrogens with one attached hydrogen (secondary N) is 2. The molecule has 0 unspecified atom stereocenters. The fraction of sp³-hybridized carbons (Fsp3) is 0.200. The van der Waals surface area contributed by atoms with Crippen LogP contribution in [0.3, 0.4) is 0 Å².